The molecule has 0 N–H and O–H groups in total. The third-order valence-corrected chi connectivity index (χ3v) is 3.66. The van der Waals surface area contributed by atoms with Crippen molar-refractivity contribution in [2.45, 2.75) is 0 Å². The molecule has 0 fully saturated rings. The van der Waals surface area contributed by atoms with Gasteiger partial charge < -0.3 is 8.82 Å². The van der Waals surface area contributed by atoms with Crippen LogP contribution in [-0.2, 0) is 0 Å². The van der Waals surface area contributed by atoms with E-state index in [2.05, 4.69) is 9.98 Å². The van der Waals surface area contributed by atoms with Crippen LogP contribution in [0.25, 0.3) is 16.9 Å². The van der Waals surface area contributed by atoms with Crippen LogP contribution in [-0.4, -0.2) is 20.5 Å². The summed E-state index contributed by atoms with van der Waals surface area (Å²) >= 11 is 0. The minimum absolute atomic E-state index is 0.302. The highest BCUT2D eigenvalue weighted by Crippen LogP contribution is 2.23. The molecule has 0 spiro atoms. The molecule has 122 valence electrons. The van der Waals surface area contributed by atoms with Crippen molar-refractivity contribution in [3.05, 3.63) is 82.9 Å². The zero-order valence-corrected chi connectivity index (χ0v) is 12.9. The quantitative estimate of drug-likeness (QED) is 0.317. The minimum atomic E-state index is -0.582. The molecule has 0 amide bonds. The number of pyridine rings is 1. The average Bonchev–Trinajstić information content (AvgIpc) is 3.27. The first kappa shape index (κ1) is 14.8. The van der Waals surface area contributed by atoms with Crippen LogP contribution in [0, 0.1) is 10.1 Å². The third kappa shape index (κ3) is 3.02. The number of aliphatic imine (C=N–C) groups is 1. The predicted molar refractivity (Wildman–Crippen MR) is 93.2 cm³/mol. The SMILES string of the molecule is O=[N+]([O-])c1ccc(C=Nc2ccc(-c3cn4ccccc4n3)cc2)o1. The van der Waals surface area contributed by atoms with E-state index in [0.717, 1.165) is 16.9 Å². The minimum Gasteiger partial charge on any atom is -0.400 e. The molecule has 0 aliphatic carbocycles. The van der Waals surface area contributed by atoms with Crippen molar-refractivity contribution < 1.29 is 9.34 Å². The van der Waals surface area contributed by atoms with Gasteiger partial charge in [-0.3, -0.25) is 15.1 Å². The van der Waals surface area contributed by atoms with Crippen LogP contribution < -0.4 is 0 Å². The molecule has 4 aromatic rings. The molecular weight excluding hydrogens is 320 g/mol. The van der Waals surface area contributed by atoms with Gasteiger partial charge in [-0.25, -0.2) is 4.98 Å². The summed E-state index contributed by atoms with van der Waals surface area (Å²) in [6, 6.07) is 16.2. The number of hydrogen-bond donors (Lipinski definition) is 0. The number of fused-ring (bicyclic) bond motifs is 1. The summed E-state index contributed by atoms with van der Waals surface area (Å²) in [5.74, 6) is 0.0276. The number of hydrogen-bond acceptors (Lipinski definition) is 5. The molecule has 25 heavy (non-hydrogen) atoms. The first-order chi connectivity index (χ1) is 12.2. The van der Waals surface area contributed by atoms with Gasteiger partial charge in [-0.2, -0.15) is 0 Å². The number of nitro groups is 1. The Bertz CT molecular complexity index is 1040. The normalized spacial score (nSPS) is 11.4. The van der Waals surface area contributed by atoms with E-state index in [1.165, 1.54) is 18.3 Å². The van der Waals surface area contributed by atoms with E-state index in [1.54, 1.807) is 0 Å². The molecule has 7 heteroatoms. The Morgan fingerprint density at radius 3 is 2.68 bits per heavy atom. The van der Waals surface area contributed by atoms with E-state index in [0.29, 0.717) is 11.4 Å². The maximum atomic E-state index is 10.6. The van der Waals surface area contributed by atoms with Crippen molar-refractivity contribution in [3.8, 4) is 11.3 Å². The van der Waals surface area contributed by atoms with Gasteiger partial charge in [0.05, 0.1) is 23.7 Å². The molecule has 0 saturated heterocycles. The molecule has 0 aliphatic rings. The number of imidazole rings is 1. The summed E-state index contributed by atoms with van der Waals surface area (Å²) in [6.45, 7) is 0. The Morgan fingerprint density at radius 1 is 1.12 bits per heavy atom. The van der Waals surface area contributed by atoms with Gasteiger partial charge in [-0.05, 0) is 30.3 Å². The van der Waals surface area contributed by atoms with Gasteiger partial charge >= 0.3 is 5.88 Å². The fourth-order valence-corrected chi connectivity index (χ4v) is 2.44. The van der Waals surface area contributed by atoms with Crippen LogP contribution >= 0.6 is 0 Å². The monoisotopic (exact) mass is 332 g/mol. The Kier molecular flexibility index (Phi) is 3.59. The van der Waals surface area contributed by atoms with E-state index < -0.39 is 4.92 Å². The second-order valence-electron chi connectivity index (χ2n) is 5.33. The molecule has 0 saturated carbocycles. The molecule has 0 unspecified atom stereocenters. The highest BCUT2D eigenvalue weighted by molar-refractivity contribution is 5.79. The van der Waals surface area contributed by atoms with E-state index in [1.807, 2.05) is 59.3 Å². The molecule has 1 aromatic carbocycles. The first-order valence-electron chi connectivity index (χ1n) is 7.51. The maximum Gasteiger partial charge on any atom is 0.433 e. The van der Waals surface area contributed by atoms with Crippen molar-refractivity contribution >= 4 is 23.4 Å². The lowest BCUT2D eigenvalue weighted by Gasteiger charge is -1.97. The summed E-state index contributed by atoms with van der Waals surface area (Å²) in [5.41, 5.74) is 3.46. The van der Waals surface area contributed by atoms with Crippen molar-refractivity contribution in [3.63, 3.8) is 0 Å². The van der Waals surface area contributed by atoms with Crippen LogP contribution in [0.5, 0.6) is 0 Å². The van der Waals surface area contributed by atoms with E-state index in [4.69, 9.17) is 4.42 Å². The van der Waals surface area contributed by atoms with Crippen molar-refractivity contribution in [2.24, 2.45) is 4.99 Å². The van der Waals surface area contributed by atoms with Gasteiger partial charge in [-0.1, -0.05) is 18.2 Å². The number of benzene rings is 1. The van der Waals surface area contributed by atoms with Gasteiger partial charge in [0.25, 0.3) is 0 Å². The Hall–Kier alpha value is -3.74. The molecule has 0 bridgehead atoms. The number of rotatable bonds is 4. The first-order valence-corrected chi connectivity index (χ1v) is 7.51. The van der Waals surface area contributed by atoms with Crippen molar-refractivity contribution in [1.29, 1.82) is 0 Å². The Balaban J connectivity index is 1.54. The van der Waals surface area contributed by atoms with E-state index >= 15 is 0 Å². The molecule has 3 aromatic heterocycles. The number of furan rings is 1. The molecule has 7 nitrogen and oxygen atoms in total. The van der Waals surface area contributed by atoms with Crippen LogP contribution in [0.15, 0.2) is 76.4 Å². The highest BCUT2D eigenvalue weighted by Gasteiger charge is 2.10. The topological polar surface area (TPSA) is 85.9 Å². The second kappa shape index (κ2) is 6.04. The average molecular weight is 332 g/mol. The van der Waals surface area contributed by atoms with Gasteiger partial charge in [0, 0.05) is 18.0 Å². The highest BCUT2D eigenvalue weighted by atomic mass is 16.6. The van der Waals surface area contributed by atoms with Crippen molar-refractivity contribution in [1.82, 2.24) is 9.38 Å². The second-order valence-corrected chi connectivity index (χ2v) is 5.33. The summed E-state index contributed by atoms with van der Waals surface area (Å²) in [5, 5.41) is 10.6. The Morgan fingerprint density at radius 2 is 1.96 bits per heavy atom. The van der Waals surface area contributed by atoms with E-state index in [9.17, 15) is 10.1 Å². The number of aromatic nitrogens is 2. The van der Waals surface area contributed by atoms with E-state index in [-0.39, 0.29) is 5.88 Å². The summed E-state index contributed by atoms with van der Waals surface area (Å²) in [4.78, 5) is 18.8. The van der Waals surface area contributed by atoms with Gasteiger partial charge in [-0.15, -0.1) is 0 Å². The lowest BCUT2D eigenvalue weighted by atomic mass is 10.1. The summed E-state index contributed by atoms with van der Waals surface area (Å²) in [7, 11) is 0. The lowest BCUT2D eigenvalue weighted by molar-refractivity contribution is -0.402. The smallest absolute Gasteiger partial charge is 0.400 e. The Labute approximate surface area is 142 Å². The van der Waals surface area contributed by atoms with Crippen molar-refractivity contribution in [2.75, 3.05) is 0 Å². The third-order valence-electron chi connectivity index (χ3n) is 3.66. The molecule has 0 aliphatic heterocycles. The summed E-state index contributed by atoms with van der Waals surface area (Å²) < 4.78 is 7.00. The predicted octanol–water partition coefficient (Wildman–Crippen LogP) is 4.25. The fraction of sp³-hybridized carbons (Fsp3) is 0. The molecule has 4 rings (SSSR count). The molecular formula is C18H12N4O3. The fourth-order valence-electron chi connectivity index (χ4n) is 2.44. The zero-order valence-electron chi connectivity index (χ0n) is 12.9. The van der Waals surface area contributed by atoms with Gasteiger partial charge in [0.1, 0.15) is 10.6 Å². The lowest BCUT2D eigenvalue weighted by Crippen LogP contribution is -1.83. The standard InChI is InChI=1S/C18H12N4O3/c23-22(24)18-9-8-15(25-18)11-19-14-6-4-13(5-7-14)16-12-21-10-2-1-3-17(21)20-16/h1-12H. The van der Waals surface area contributed by atoms with Gasteiger partial charge in [0.2, 0.25) is 0 Å². The van der Waals surface area contributed by atoms with Crippen LogP contribution in [0.4, 0.5) is 11.6 Å². The van der Waals surface area contributed by atoms with Gasteiger partial charge in [0.15, 0.2) is 5.76 Å². The largest absolute Gasteiger partial charge is 0.433 e. The molecule has 3 heterocycles. The molecule has 0 radical (unpaired) electrons. The maximum absolute atomic E-state index is 10.6. The summed E-state index contributed by atoms with van der Waals surface area (Å²) in [6.07, 6.45) is 5.37. The molecule has 0 atom stereocenters. The number of nitrogens with zero attached hydrogens (tertiary/aromatic N) is 4. The van der Waals surface area contributed by atoms with Crippen LogP contribution in [0.3, 0.4) is 0 Å². The zero-order chi connectivity index (χ0) is 17.2. The van der Waals surface area contributed by atoms with Crippen LogP contribution in [0.1, 0.15) is 5.76 Å². The van der Waals surface area contributed by atoms with Crippen LogP contribution in [0.2, 0.25) is 0 Å².